The highest BCUT2D eigenvalue weighted by Gasteiger charge is 2.33. The van der Waals surface area contributed by atoms with E-state index in [4.69, 9.17) is 9.15 Å². The Bertz CT molecular complexity index is 1010. The van der Waals surface area contributed by atoms with E-state index in [1.54, 1.807) is 24.1 Å². The SMILES string of the molecule is COCc1ccc(-c2nc(-c3ccccn3)nn2C2CCS(=O)(=O)C2)o1. The molecule has 0 saturated carbocycles. The number of ether oxygens (including phenoxy) is 1. The van der Waals surface area contributed by atoms with Crippen molar-refractivity contribution in [2.45, 2.75) is 19.1 Å². The van der Waals surface area contributed by atoms with Crippen LogP contribution in [0, 0.1) is 0 Å². The molecule has 1 unspecified atom stereocenters. The average molecular weight is 374 g/mol. The van der Waals surface area contributed by atoms with Crippen LogP contribution in [0.15, 0.2) is 40.9 Å². The third kappa shape index (κ3) is 3.27. The van der Waals surface area contributed by atoms with E-state index >= 15 is 0 Å². The predicted molar refractivity (Wildman–Crippen MR) is 94.0 cm³/mol. The number of hydrogen-bond donors (Lipinski definition) is 0. The monoisotopic (exact) mass is 374 g/mol. The fraction of sp³-hybridized carbons (Fsp3) is 0.353. The van der Waals surface area contributed by atoms with Crippen LogP contribution in [-0.4, -0.2) is 46.8 Å². The van der Waals surface area contributed by atoms with Crippen molar-refractivity contribution in [1.82, 2.24) is 19.7 Å². The summed E-state index contributed by atoms with van der Waals surface area (Å²) in [4.78, 5) is 8.86. The van der Waals surface area contributed by atoms with Gasteiger partial charge in [-0.15, -0.1) is 5.10 Å². The molecule has 3 aromatic heterocycles. The Balaban J connectivity index is 1.78. The zero-order valence-electron chi connectivity index (χ0n) is 14.2. The van der Waals surface area contributed by atoms with Crippen LogP contribution in [0.4, 0.5) is 0 Å². The Morgan fingerprint density at radius 3 is 2.88 bits per heavy atom. The predicted octanol–water partition coefficient (Wildman–Crippen LogP) is 2.11. The zero-order valence-corrected chi connectivity index (χ0v) is 15.0. The molecular formula is C17H18N4O4S. The fourth-order valence-electron chi connectivity index (χ4n) is 3.04. The Labute approximate surface area is 150 Å². The lowest BCUT2D eigenvalue weighted by Gasteiger charge is -2.10. The summed E-state index contributed by atoms with van der Waals surface area (Å²) in [5.41, 5.74) is 0.622. The van der Waals surface area contributed by atoms with Gasteiger partial charge < -0.3 is 9.15 Å². The van der Waals surface area contributed by atoms with Crippen LogP contribution in [0.25, 0.3) is 23.1 Å². The van der Waals surface area contributed by atoms with Crippen LogP contribution in [0.2, 0.25) is 0 Å². The third-order valence-electron chi connectivity index (χ3n) is 4.25. The first kappa shape index (κ1) is 16.9. The van der Waals surface area contributed by atoms with Gasteiger partial charge in [-0.1, -0.05) is 6.07 Å². The van der Waals surface area contributed by atoms with Crippen LogP contribution >= 0.6 is 0 Å². The summed E-state index contributed by atoms with van der Waals surface area (Å²) in [6, 6.07) is 8.81. The summed E-state index contributed by atoms with van der Waals surface area (Å²) < 4.78 is 36.4. The molecule has 3 aromatic rings. The van der Waals surface area contributed by atoms with E-state index in [9.17, 15) is 8.42 Å². The maximum absolute atomic E-state index is 11.9. The maximum Gasteiger partial charge on any atom is 0.200 e. The van der Waals surface area contributed by atoms with Gasteiger partial charge in [0.05, 0.1) is 17.5 Å². The molecule has 0 radical (unpaired) electrons. The molecule has 9 heteroatoms. The highest BCUT2D eigenvalue weighted by atomic mass is 32.2. The van der Waals surface area contributed by atoms with Crippen LogP contribution in [-0.2, 0) is 21.2 Å². The second-order valence-corrected chi connectivity index (χ2v) is 8.40. The van der Waals surface area contributed by atoms with Gasteiger partial charge in [0.2, 0.25) is 0 Å². The molecule has 0 N–H and O–H groups in total. The van der Waals surface area contributed by atoms with Gasteiger partial charge in [0.1, 0.15) is 18.1 Å². The Kier molecular flexibility index (Phi) is 4.33. The summed E-state index contributed by atoms with van der Waals surface area (Å²) in [6.45, 7) is 0.346. The molecule has 1 fully saturated rings. The molecule has 4 rings (SSSR count). The number of nitrogens with zero attached hydrogens (tertiary/aromatic N) is 4. The molecule has 4 heterocycles. The van der Waals surface area contributed by atoms with Gasteiger partial charge in [-0.2, -0.15) is 0 Å². The van der Waals surface area contributed by atoms with Crippen molar-refractivity contribution in [3.05, 3.63) is 42.3 Å². The third-order valence-corrected chi connectivity index (χ3v) is 6.00. The first-order valence-corrected chi connectivity index (χ1v) is 10.0. The number of pyridine rings is 1. The first-order valence-electron chi connectivity index (χ1n) is 8.22. The summed E-state index contributed by atoms with van der Waals surface area (Å²) in [6.07, 6.45) is 2.17. The quantitative estimate of drug-likeness (QED) is 0.674. The summed E-state index contributed by atoms with van der Waals surface area (Å²) in [7, 11) is -1.47. The standard InChI is InChI=1S/C17H18N4O4S/c1-24-10-13-5-6-15(25-13)17-19-16(14-4-2-3-8-18-14)20-21(17)12-7-9-26(22,23)11-12/h2-6,8,12H,7,9-11H2,1H3. The molecule has 0 spiro atoms. The van der Waals surface area contributed by atoms with E-state index in [2.05, 4.69) is 15.1 Å². The lowest BCUT2D eigenvalue weighted by atomic mass is 10.2. The number of aromatic nitrogens is 4. The van der Waals surface area contributed by atoms with Gasteiger partial charge in [0.25, 0.3) is 0 Å². The Hall–Kier alpha value is -2.52. The van der Waals surface area contributed by atoms with Crippen LogP contribution in [0.1, 0.15) is 18.2 Å². The minimum atomic E-state index is -3.06. The van der Waals surface area contributed by atoms with Crippen molar-refractivity contribution in [3.63, 3.8) is 0 Å². The molecule has 1 aliphatic rings. The molecule has 1 atom stereocenters. The largest absolute Gasteiger partial charge is 0.455 e. The minimum Gasteiger partial charge on any atom is -0.455 e. The second-order valence-electron chi connectivity index (χ2n) is 6.17. The van der Waals surface area contributed by atoms with Gasteiger partial charge in [-0.3, -0.25) is 4.98 Å². The first-order chi connectivity index (χ1) is 12.6. The fourth-order valence-corrected chi connectivity index (χ4v) is 4.73. The summed E-state index contributed by atoms with van der Waals surface area (Å²) >= 11 is 0. The van der Waals surface area contributed by atoms with Crippen molar-refractivity contribution < 1.29 is 17.6 Å². The Morgan fingerprint density at radius 1 is 1.31 bits per heavy atom. The zero-order chi connectivity index (χ0) is 18.1. The van der Waals surface area contributed by atoms with Crippen molar-refractivity contribution in [3.8, 4) is 23.1 Å². The van der Waals surface area contributed by atoms with Crippen LogP contribution in [0.3, 0.4) is 0 Å². The lowest BCUT2D eigenvalue weighted by molar-refractivity contribution is 0.165. The molecule has 0 amide bonds. The number of furan rings is 1. The van der Waals surface area contributed by atoms with Crippen molar-refractivity contribution in [1.29, 1.82) is 0 Å². The minimum absolute atomic E-state index is 0.0522. The van der Waals surface area contributed by atoms with Gasteiger partial charge in [0.15, 0.2) is 27.2 Å². The van der Waals surface area contributed by atoms with E-state index in [0.717, 1.165) is 0 Å². The molecule has 0 bridgehead atoms. The van der Waals surface area contributed by atoms with Crippen molar-refractivity contribution in [2.24, 2.45) is 0 Å². The average Bonchev–Trinajstić information content (AvgIpc) is 3.33. The molecule has 8 nitrogen and oxygen atoms in total. The lowest BCUT2D eigenvalue weighted by Crippen LogP contribution is -2.13. The highest BCUT2D eigenvalue weighted by Crippen LogP contribution is 2.31. The Morgan fingerprint density at radius 2 is 2.19 bits per heavy atom. The maximum atomic E-state index is 11.9. The van der Waals surface area contributed by atoms with E-state index < -0.39 is 9.84 Å². The smallest absolute Gasteiger partial charge is 0.200 e. The normalized spacial score (nSPS) is 19.0. The highest BCUT2D eigenvalue weighted by molar-refractivity contribution is 7.91. The number of rotatable bonds is 5. The van der Waals surface area contributed by atoms with E-state index in [1.165, 1.54) is 0 Å². The molecule has 136 valence electrons. The second kappa shape index (κ2) is 6.65. The molecule has 0 aromatic carbocycles. The van der Waals surface area contributed by atoms with Crippen LogP contribution in [0.5, 0.6) is 0 Å². The molecule has 1 aliphatic heterocycles. The van der Waals surface area contributed by atoms with E-state index in [0.29, 0.717) is 41.9 Å². The summed E-state index contributed by atoms with van der Waals surface area (Å²) in [5.74, 6) is 2.33. The van der Waals surface area contributed by atoms with Crippen molar-refractivity contribution in [2.75, 3.05) is 18.6 Å². The molecule has 26 heavy (non-hydrogen) atoms. The number of sulfone groups is 1. The van der Waals surface area contributed by atoms with E-state index in [-0.39, 0.29) is 17.5 Å². The van der Waals surface area contributed by atoms with Gasteiger partial charge >= 0.3 is 0 Å². The van der Waals surface area contributed by atoms with Gasteiger partial charge in [-0.25, -0.2) is 18.1 Å². The van der Waals surface area contributed by atoms with Crippen LogP contribution < -0.4 is 0 Å². The van der Waals surface area contributed by atoms with Crippen molar-refractivity contribution >= 4 is 9.84 Å². The summed E-state index contributed by atoms with van der Waals surface area (Å²) in [5, 5.41) is 4.55. The molecular weight excluding hydrogens is 356 g/mol. The van der Waals surface area contributed by atoms with Gasteiger partial charge in [0, 0.05) is 13.3 Å². The van der Waals surface area contributed by atoms with Gasteiger partial charge in [-0.05, 0) is 30.7 Å². The molecule has 1 saturated heterocycles. The topological polar surface area (TPSA) is 100 Å². The van der Waals surface area contributed by atoms with E-state index in [1.807, 2.05) is 24.3 Å². The number of hydrogen-bond acceptors (Lipinski definition) is 7. The molecule has 0 aliphatic carbocycles. The number of methoxy groups -OCH3 is 1.